The van der Waals surface area contributed by atoms with Crippen molar-refractivity contribution >= 4 is 6.29 Å². The monoisotopic (exact) mass is 163 g/mol. The second-order valence-corrected chi connectivity index (χ2v) is 2.06. The zero-order valence-corrected chi connectivity index (χ0v) is 6.25. The molecular formula is C9H6FNO. The van der Waals surface area contributed by atoms with Gasteiger partial charge >= 0.3 is 0 Å². The van der Waals surface area contributed by atoms with Gasteiger partial charge in [-0.2, -0.15) is 0 Å². The Morgan fingerprint density at radius 1 is 1.58 bits per heavy atom. The molecular weight excluding hydrogens is 157 g/mol. The molecule has 0 aliphatic rings. The van der Waals surface area contributed by atoms with Crippen molar-refractivity contribution in [2.24, 2.45) is 0 Å². The van der Waals surface area contributed by atoms with Crippen LogP contribution in [-0.2, 0) is 4.79 Å². The van der Waals surface area contributed by atoms with Gasteiger partial charge in [0.2, 0.25) is 0 Å². The van der Waals surface area contributed by atoms with E-state index in [0.29, 0.717) is 11.8 Å². The van der Waals surface area contributed by atoms with Crippen molar-refractivity contribution in [1.82, 2.24) is 4.98 Å². The van der Waals surface area contributed by atoms with E-state index < -0.39 is 5.82 Å². The maximum atomic E-state index is 12.5. The normalized spacial score (nSPS) is 8.42. The molecule has 60 valence electrons. The summed E-state index contributed by atoms with van der Waals surface area (Å²) in [4.78, 5) is 13.5. The molecule has 0 aliphatic carbocycles. The highest BCUT2D eigenvalue weighted by Gasteiger charge is 1.89. The van der Waals surface area contributed by atoms with Gasteiger partial charge in [-0.3, -0.25) is 4.98 Å². The number of halogens is 1. The van der Waals surface area contributed by atoms with Crippen molar-refractivity contribution in [3.8, 4) is 11.8 Å². The summed E-state index contributed by atoms with van der Waals surface area (Å²) in [7, 11) is 0. The molecule has 3 heteroatoms. The van der Waals surface area contributed by atoms with E-state index in [9.17, 15) is 9.18 Å². The second kappa shape index (κ2) is 4.24. The predicted molar refractivity (Wildman–Crippen MR) is 41.8 cm³/mol. The van der Waals surface area contributed by atoms with Gasteiger partial charge in [-0.05, 0) is 6.07 Å². The molecule has 0 aliphatic heterocycles. The Balaban J connectivity index is 2.77. The lowest BCUT2D eigenvalue weighted by Crippen LogP contribution is -1.81. The van der Waals surface area contributed by atoms with E-state index in [1.54, 1.807) is 0 Å². The van der Waals surface area contributed by atoms with Crippen LogP contribution in [-0.4, -0.2) is 11.3 Å². The van der Waals surface area contributed by atoms with E-state index in [-0.39, 0.29) is 6.42 Å². The summed E-state index contributed by atoms with van der Waals surface area (Å²) < 4.78 is 12.5. The van der Waals surface area contributed by atoms with Crippen LogP contribution < -0.4 is 0 Å². The molecule has 1 aromatic heterocycles. The van der Waals surface area contributed by atoms with Gasteiger partial charge in [0.05, 0.1) is 12.6 Å². The SMILES string of the molecule is O=CCC#Cc1cncc(F)c1. The average molecular weight is 163 g/mol. The summed E-state index contributed by atoms with van der Waals surface area (Å²) in [6, 6.07) is 1.27. The van der Waals surface area contributed by atoms with Crippen LogP contribution in [0, 0.1) is 17.7 Å². The van der Waals surface area contributed by atoms with E-state index in [2.05, 4.69) is 16.8 Å². The van der Waals surface area contributed by atoms with Gasteiger partial charge in [-0.25, -0.2) is 4.39 Å². The number of hydrogen-bond donors (Lipinski definition) is 0. The third-order valence-electron chi connectivity index (χ3n) is 1.12. The van der Waals surface area contributed by atoms with Crippen molar-refractivity contribution in [2.75, 3.05) is 0 Å². The number of carbonyl (C=O) groups is 1. The quantitative estimate of drug-likeness (QED) is 0.459. The van der Waals surface area contributed by atoms with Crippen LogP contribution in [0.15, 0.2) is 18.5 Å². The van der Waals surface area contributed by atoms with Gasteiger partial charge in [0.1, 0.15) is 12.1 Å². The standard InChI is InChI=1S/C9H6FNO/c10-9-5-8(6-11-7-9)3-1-2-4-12/h4-7H,2H2. The fourth-order valence-electron chi connectivity index (χ4n) is 0.675. The van der Waals surface area contributed by atoms with Crippen molar-refractivity contribution in [2.45, 2.75) is 6.42 Å². The summed E-state index contributed by atoms with van der Waals surface area (Å²) in [6.45, 7) is 0. The Labute approximate surface area is 69.4 Å². The van der Waals surface area contributed by atoms with Crippen LogP contribution in [0.4, 0.5) is 4.39 Å². The van der Waals surface area contributed by atoms with Crippen LogP contribution in [0.25, 0.3) is 0 Å². The molecule has 12 heavy (non-hydrogen) atoms. The van der Waals surface area contributed by atoms with Crippen molar-refractivity contribution in [1.29, 1.82) is 0 Å². The summed E-state index contributed by atoms with van der Waals surface area (Å²) in [5.41, 5.74) is 0.483. The van der Waals surface area contributed by atoms with Crippen LogP contribution in [0.2, 0.25) is 0 Å². The fourth-order valence-corrected chi connectivity index (χ4v) is 0.675. The van der Waals surface area contributed by atoms with Gasteiger partial charge < -0.3 is 4.79 Å². The molecule has 1 rings (SSSR count). The molecule has 1 heterocycles. The molecule has 0 amide bonds. The van der Waals surface area contributed by atoms with Crippen LogP contribution >= 0.6 is 0 Å². The minimum Gasteiger partial charge on any atom is -0.302 e. The van der Waals surface area contributed by atoms with E-state index in [0.717, 1.165) is 6.20 Å². The van der Waals surface area contributed by atoms with Crippen LogP contribution in [0.5, 0.6) is 0 Å². The van der Waals surface area contributed by atoms with Crippen molar-refractivity contribution in [3.05, 3.63) is 29.8 Å². The first kappa shape index (κ1) is 8.41. The molecule has 0 bridgehead atoms. The second-order valence-electron chi connectivity index (χ2n) is 2.06. The zero-order chi connectivity index (χ0) is 8.81. The van der Waals surface area contributed by atoms with Gasteiger partial charge in [0.25, 0.3) is 0 Å². The van der Waals surface area contributed by atoms with Crippen LogP contribution in [0.3, 0.4) is 0 Å². The Kier molecular flexibility index (Phi) is 2.97. The lowest BCUT2D eigenvalue weighted by atomic mass is 10.3. The molecule has 0 aromatic carbocycles. The summed E-state index contributed by atoms with van der Waals surface area (Å²) in [5.74, 6) is 4.73. The van der Waals surface area contributed by atoms with Gasteiger partial charge in [0.15, 0.2) is 0 Å². The highest BCUT2D eigenvalue weighted by atomic mass is 19.1. The molecule has 0 fully saturated rings. The van der Waals surface area contributed by atoms with Gasteiger partial charge in [0, 0.05) is 11.8 Å². The lowest BCUT2D eigenvalue weighted by Gasteiger charge is -1.87. The van der Waals surface area contributed by atoms with E-state index in [1.807, 2.05) is 0 Å². The Morgan fingerprint density at radius 2 is 2.42 bits per heavy atom. The molecule has 0 unspecified atom stereocenters. The van der Waals surface area contributed by atoms with Crippen molar-refractivity contribution < 1.29 is 9.18 Å². The third-order valence-corrected chi connectivity index (χ3v) is 1.12. The smallest absolute Gasteiger partial charge is 0.142 e. The number of hydrogen-bond acceptors (Lipinski definition) is 2. The first-order valence-corrected chi connectivity index (χ1v) is 3.36. The molecule has 0 spiro atoms. The number of aldehydes is 1. The molecule has 2 nitrogen and oxygen atoms in total. The molecule has 0 saturated heterocycles. The summed E-state index contributed by atoms with van der Waals surface area (Å²) in [5, 5.41) is 0. The predicted octanol–water partition coefficient (Wildman–Crippen LogP) is 1.16. The Bertz CT molecular complexity index is 338. The fraction of sp³-hybridized carbons (Fsp3) is 0.111. The Morgan fingerprint density at radius 3 is 3.08 bits per heavy atom. The maximum absolute atomic E-state index is 12.5. The van der Waals surface area contributed by atoms with E-state index in [4.69, 9.17) is 0 Å². The Hall–Kier alpha value is -1.69. The number of aromatic nitrogens is 1. The van der Waals surface area contributed by atoms with E-state index >= 15 is 0 Å². The highest BCUT2D eigenvalue weighted by Crippen LogP contribution is 1.97. The van der Waals surface area contributed by atoms with Crippen molar-refractivity contribution in [3.63, 3.8) is 0 Å². The maximum Gasteiger partial charge on any atom is 0.142 e. The van der Waals surface area contributed by atoms with Crippen LogP contribution in [0.1, 0.15) is 12.0 Å². The number of pyridine rings is 1. The molecule has 0 radical (unpaired) electrons. The number of nitrogens with zero attached hydrogens (tertiary/aromatic N) is 1. The average Bonchev–Trinajstić information content (AvgIpc) is 2.05. The molecule has 0 N–H and O–H groups in total. The minimum atomic E-state index is -0.423. The number of rotatable bonds is 1. The number of carbonyl (C=O) groups excluding carboxylic acids is 1. The summed E-state index contributed by atoms with van der Waals surface area (Å²) >= 11 is 0. The van der Waals surface area contributed by atoms with Gasteiger partial charge in [-0.15, -0.1) is 0 Å². The first-order chi connectivity index (χ1) is 5.83. The minimum absolute atomic E-state index is 0.163. The first-order valence-electron chi connectivity index (χ1n) is 3.36. The largest absolute Gasteiger partial charge is 0.302 e. The molecule has 0 saturated carbocycles. The third kappa shape index (κ3) is 2.51. The van der Waals surface area contributed by atoms with Gasteiger partial charge in [-0.1, -0.05) is 11.8 Å². The topological polar surface area (TPSA) is 30.0 Å². The zero-order valence-electron chi connectivity index (χ0n) is 6.25. The molecule has 0 atom stereocenters. The molecule has 1 aromatic rings. The lowest BCUT2D eigenvalue weighted by molar-refractivity contribution is -0.107. The summed E-state index contributed by atoms with van der Waals surface area (Å²) in [6.07, 6.45) is 3.40. The highest BCUT2D eigenvalue weighted by molar-refractivity contribution is 5.54. The van der Waals surface area contributed by atoms with E-state index in [1.165, 1.54) is 12.3 Å².